The topological polar surface area (TPSA) is 13.1 Å². The summed E-state index contributed by atoms with van der Waals surface area (Å²) < 4.78 is 5.67. The first-order chi connectivity index (χ1) is 8.24. The van der Waals surface area contributed by atoms with Gasteiger partial charge in [0.1, 0.15) is 16.9 Å². The largest absolute Gasteiger partial charge is 0.464 e. The molecular formula is C15H17ClO. The molecule has 0 saturated heterocycles. The molecule has 1 aromatic heterocycles. The maximum absolute atomic E-state index is 6.40. The van der Waals surface area contributed by atoms with Crippen LogP contribution in [0.15, 0.2) is 40.8 Å². The highest BCUT2D eigenvalue weighted by atomic mass is 35.5. The van der Waals surface area contributed by atoms with Crippen molar-refractivity contribution in [1.29, 1.82) is 0 Å². The van der Waals surface area contributed by atoms with Crippen molar-refractivity contribution >= 4 is 11.6 Å². The van der Waals surface area contributed by atoms with Crippen LogP contribution in [0.3, 0.4) is 0 Å². The molecule has 0 aliphatic carbocycles. The van der Waals surface area contributed by atoms with Gasteiger partial charge in [0.2, 0.25) is 0 Å². The minimum Gasteiger partial charge on any atom is -0.464 e. The van der Waals surface area contributed by atoms with Crippen LogP contribution in [0.4, 0.5) is 0 Å². The van der Waals surface area contributed by atoms with Crippen molar-refractivity contribution in [3.63, 3.8) is 0 Å². The lowest BCUT2D eigenvalue weighted by molar-refractivity contribution is 0.474. The quantitative estimate of drug-likeness (QED) is 0.713. The summed E-state index contributed by atoms with van der Waals surface area (Å²) in [5.41, 5.74) is 2.41. The second kappa shape index (κ2) is 5.42. The summed E-state index contributed by atoms with van der Waals surface area (Å²) in [5, 5.41) is -0.193. The van der Waals surface area contributed by atoms with Crippen LogP contribution in [0, 0.1) is 0 Å². The summed E-state index contributed by atoms with van der Waals surface area (Å²) in [6, 6.07) is 12.3. The lowest BCUT2D eigenvalue weighted by Gasteiger charge is -2.07. The second-order valence-corrected chi connectivity index (χ2v) is 4.55. The van der Waals surface area contributed by atoms with E-state index in [1.807, 2.05) is 12.1 Å². The zero-order chi connectivity index (χ0) is 12.3. The predicted octanol–water partition coefficient (Wildman–Crippen LogP) is 4.73. The van der Waals surface area contributed by atoms with E-state index in [1.54, 1.807) is 0 Å². The van der Waals surface area contributed by atoms with E-state index in [-0.39, 0.29) is 5.38 Å². The van der Waals surface area contributed by atoms with Crippen molar-refractivity contribution in [2.24, 2.45) is 0 Å². The van der Waals surface area contributed by atoms with Gasteiger partial charge in [0.15, 0.2) is 0 Å². The lowest BCUT2D eigenvalue weighted by atomic mass is 10.1. The van der Waals surface area contributed by atoms with Gasteiger partial charge in [0, 0.05) is 6.42 Å². The summed E-state index contributed by atoms with van der Waals surface area (Å²) in [6.45, 7) is 4.22. The Morgan fingerprint density at radius 1 is 1.00 bits per heavy atom. The van der Waals surface area contributed by atoms with Crippen molar-refractivity contribution in [2.75, 3.05) is 0 Å². The van der Waals surface area contributed by atoms with Gasteiger partial charge in [0.25, 0.3) is 0 Å². The molecule has 0 aliphatic rings. The van der Waals surface area contributed by atoms with Gasteiger partial charge in [-0.2, -0.15) is 0 Å². The molecule has 2 heteroatoms. The molecule has 17 heavy (non-hydrogen) atoms. The molecule has 0 bridgehead atoms. The van der Waals surface area contributed by atoms with Crippen molar-refractivity contribution in [3.8, 4) is 0 Å². The van der Waals surface area contributed by atoms with E-state index in [0.717, 1.165) is 29.9 Å². The fourth-order valence-corrected chi connectivity index (χ4v) is 2.07. The van der Waals surface area contributed by atoms with Gasteiger partial charge in [-0.05, 0) is 29.7 Å². The Morgan fingerprint density at radius 2 is 1.71 bits per heavy atom. The summed E-state index contributed by atoms with van der Waals surface area (Å²) in [7, 11) is 0. The number of hydrogen-bond acceptors (Lipinski definition) is 1. The number of hydrogen-bond donors (Lipinski definition) is 0. The smallest absolute Gasteiger partial charge is 0.126 e. The Kier molecular flexibility index (Phi) is 3.90. The van der Waals surface area contributed by atoms with E-state index in [2.05, 4.69) is 38.1 Å². The van der Waals surface area contributed by atoms with Crippen LogP contribution in [-0.2, 0) is 12.8 Å². The SMILES string of the molecule is CCc1ccc(C(Cl)c2ccc(CC)o2)cc1. The first-order valence-electron chi connectivity index (χ1n) is 6.06. The van der Waals surface area contributed by atoms with Gasteiger partial charge >= 0.3 is 0 Å². The highest BCUT2D eigenvalue weighted by Gasteiger charge is 2.14. The highest BCUT2D eigenvalue weighted by molar-refractivity contribution is 6.22. The van der Waals surface area contributed by atoms with E-state index in [9.17, 15) is 0 Å². The Balaban J connectivity index is 2.20. The second-order valence-electron chi connectivity index (χ2n) is 4.12. The molecule has 2 rings (SSSR count). The normalized spacial score (nSPS) is 12.6. The standard InChI is InChI=1S/C15H17ClO/c1-3-11-5-7-12(8-6-11)15(16)14-10-9-13(4-2)17-14/h5-10,15H,3-4H2,1-2H3. The van der Waals surface area contributed by atoms with Crippen LogP contribution >= 0.6 is 11.6 Å². The molecule has 90 valence electrons. The predicted molar refractivity (Wildman–Crippen MR) is 71.6 cm³/mol. The molecule has 0 N–H and O–H groups in total. The molecule has 1 nitrogen and oxygen atoms in total. The maximum atomic E-state index is 6.40. The zero-order valence-electron chi connectivity index (χ0n) is 10.2. The van der Waals surface area contributed by atoms with Gasteiger partial charge in [-0.3, -0.25) is 0 Å². The van der Waals surface area contributed by atoms with Crippen molar-refractivity contribution in [2.45, 2.75) is 32.1 Å². The average Bonchev–Trinajstić information content (AvgIpc) is 2.87. The van der Waals surface area contributed by atoms with Crippen molar-refractivity contribution in [1.82, 2.24) is 0 Å². The minimum atomic E-state index is -0.193. The monoisotopic (exact) mass is 248 g/mol. The zero-order valence-corrected chi connectivity index (χ0v) is 11.0. The van der Waals surface area contributed by atoms with Crippen LogP contribution in [0.5, 0.6) is 0 Å². The van der Waals surface area contributed by atoms with E-state index in [0.29, 0.717) is 0 Å². The third kappa shape index (κ3) is 2.73. The molecule has 1 aromatic carbocycles. The van der Waals surface area contributed by atoms with Crippen LogP contribution in [-0.4, -0.2) is 0 Å². The Labute approximate surface area is 107 Å². The molecule has 0 saturated carbocycles. The highest BCUT2D eigenvalue weighted by Crippen LogP contribution is 2.30. The molecule has 0 radical (unpaired) electrons. The Bertz CT molecular complexity index is 470. The molecule has 0 amide bonds. The first-order valence-corrected chi connectivity index (χ1v) is 6.49. The fraction of sp³-hybridized carbons (Fsp3) is 0.333. The number of halogens is 1. The number of aryl methyl sites for hydroxylation is 2. The molecule has 0 aliphatic heterocycles. The summed E-state index contributed by atoms with van der Waals surface area (Å²) in [6.07, 6.45) is 1.95. The molecule has 1 heterocycles. The molecule has 0 fully saturated rings. The van der Waals surface area contributed by atoms with Crippen LogP contribution in [0.1, 0.15) is 41.9 Å². The first kappa shape index (κ1) is 12.3. The van der Waals surface area contributed by atoms with E-state index in [4.69, 9.17) is 16.0 Å². The average molecular weight is 249 g/mol. The third-order valence-electron chi connectivity index (χ3n) is 2.96. The molecule has 1 atom stereocenters. The number of benzene rings is 1. The van der Waals surface area contributed by atoms with E-state index in [1.165, 1.54) is 5.56 Å². The molecular weight excluding hydrogens is 232 g/mol. The van der Waals surface area contributed by atoms with Crippen molar-refractivity contribution < 1.29 is 4.42 Å². The van der Waals surface area contributed by atoms with Crippen LogP contribution in [0.2, 0.25) is 0 Å². The van der Waals surface area contributed by atoms with E-state index >= 15 is 0 Å². The number of furan rings is 1. The third-order valence-corrected chi connectivity index (χ3v) is 3.43. The lowest BCUT2D eigenvalue weighted by Crippen LogP contribution is -1.91. The van der Waals surface area contributed by atoms with Gasteiger partial charge in [-0.15, -0.1) is 11.6 Å². The van der Waals surface area contributed by atoms with E-state index < -0.39 is 0 Å². The Hall–Kier alpha value is -1.21. The molecule has 2 aromatic rings. The van der Waals surface area contributed by atoms with Crippen LogP contribution < -0.4 is 0 Å². The number of alkyl halides is 1. The Morgan fingerprint density at radius 3 is 2.24 bits per heavy atom. The minimum absolute atomic E-state index is 0.193. The molecule has 1 unspecified atom stereocenters. The summed E-state index contributed by atoms with van der Waals surface area (Å²) in [5.74, 6) is 1.81. The van der Waals surface area contributed by atoms with Crippen LogP contribution in [0.25, 0.3) is 0 Å². The van der Waals surface area contributed by atoms with Gasteiger partial charge in [0.05, 0.1) is 0 Å². The maximum Gasteiger partial charge on any atom is 0.126 e. The summed E-state index contributed by atoms with van der Waals surface area (Å²) in [4.78, 5) is 0. The van der Waals surface area contributed by atoms with Gasteiger partial charge in [-0.25, -0.2) is 0 Å². The number of rotatable bonds is 4. The van der Waals surface area contributed by atoms with Crippen molar-refractivity contribution in [3.05, 3.63) is 59.0 Å². The van der Waals surface area contributed by atoms with Gasteiger partial charge < -0.3 is 4.42 Å². The summed E-state index contributed by atoms with van der Waals surface area (Å²) >= 11 is 6.40. The molecule has 0 spiro atoms. The van der Waals surface area contributed by atoms with Gasteiger partial charge in [-0.1, -0.05) is 38.1 Å². The fourth-order valence-electron chi connectivity index (χ4n) is 1.81.